The molecule has 1 atom stereocenters. The summed E-state index contributed by atoms with van der Waals surface area (Å²) in [4.78, 5) is 11.7. The van der Waals surface area contributed by atoms with E-state index in [-0.39, 0.29) is 16.9 Å². The van der Waals surface area contributed by atoms with Crippen LogP contribution in [0.4, 0.5) is 0 Å². The van der Waals surface area contributed by atoms with Crippen molar-refractivity contribution in [3.8, 4) is 0 Å². The number of carbonyl (C=O) groups excluding carboxylic acids is 1. The maximum Gasteiger partial charge on any atom is 0.191 e. The summed E-state index contributed by atoms with van der Waals surface area (Å²) in [6.07, 6.45) is 1.21. The number of nitrogens with two attached hydrogens (primary N) is 1. The van der Waals surface area contributed by atoms with Gasteiger partial charge in [0, 0.05) is 13.0 Å². The lowest BCUT2D eigenvalue weighted by Gasteiger charge is -2.36. The molecule has 0 spiro atoms. The van der Waals surface area contributed by atoms with Gasteiger partial charge < -0.3 is 10.2 Å². The van der Waals surface area contributed by atoms with Crippen molar-refractivity contribution in [2.24, 2.45) is 11.7 Å². The van der Waals surface area contributed by atoms with E-state index >= 15 is 0 Å². The predicted octanol–water partition coefficient (Wildman–Crippen LogP) is 3.34. The Kier molecular flexibility index (Phi) is 6.75. The van der Waals surface area contributed by atoms with Crippen LogP contribution in [-0.2, 0) is 9.22 Å². The Morgan fingerprint density at radius 2 is 1.78 bits per heavy atom. The topological polar surface area (TPSA) is 52.3 Å². The summed E-state index contributed by atoms with van der Waals surface area (Å²) < 4.78 is 6.03. The fraction of sp³-hybridized carbons (Fsp3) is 0.929. The first-order valence-corrected chi connectivity index (χ1v) is 9.80. The predicted molar refractivity (Wildman–Crippen MR) is 80.2 cm³/mol. The monoisotopic (exact) mass is 273 g/mol. The van der Waals surface area contributed by atoms with Gasteiger partial charge in [-0.2, -0.15) is 0 Å². The average Bonchev–Trinajstić information content (AvgIpc) is 2.14. The molecular formula is C14H31NO2Si. The van der Waals surface area contributed by atoms with Crippen molar-refractivity contribution >= 4 is 14.1 Å². The van der Waals surface area contributed by atoms with Gasteiger partial charge in [0.1, 0.15) is 5.78 Å². The van der Waals surface area contributed by atoms with E-state index in [1.54, 1.807) is 0 Å². The molecule has 0 aliphatic rings. The molecule has 0 aromatic carbocycles. The van der Waals surface area contributed by atoms with E-state index in [0.717, 1.165) is 0 Å². The summed E-state index contributed by atoms with van der Waals surface area (Å²) in [7, 11) is -1.71. The molecule has 0 aromatic heterocycles. The normalized spacial score (nSPS) is 14.9. The second-order valence-electron chi connectivity index (χ2n) is 7.07. The summed E-state index contributed by atoms with van der Waals surface area (Å²) in [6.45, 7) is 15.7. The van der Waals surface area contributed by atoms with Gasteiger partial charge in [-0.25, -0.2) is 0 Å². The number of rotatable bonds is 7. The van der Waals surface area contributed by atoms with E-state index in [2.05, 4.69) is 33.9 Å². The lowest BCUT2D eigenvalue weighted by atomic mass is 10.0. The highest BCUT2D eigenvalue weighted by atomic mass is 28.4. The fourth-order valence-corrected chi connectivity index (χ4v) is 2.43. The molecule has 108 valence electrons. The van der Waals surface area contributed by atoms with Gasteiger partial charge in [0.25, 0.3) is 0 Å². The minimum atomic E-state index is -1.71. The highest BCUT2D eigenvalue weighted by molar-refractivity contribution is 6.74. The molecule has 0 aliphatic heterocycles. The van der Waals surface area contributed by atoms with Crippen molar-refractivity contribution in [3.63, 3.8) is 0 Å². The van der Waals surface area contributed by atoms with E-state index in [4.69, 9.17) is 10.2 Å². The van der Waals surface area contributed by atoms with Gasteiger partial charge in [-0.1, -0.05) is 34.6 Å². The van der Waals surface area contributed by atoms with E-state index in [1.165, 1.54) is 0 Å². The molecule has 3 nitrogen and oxygen atoms in total. The van der Waals surface area contributed by atoms with Crippen LogP contribution in [0, 0.1) is 5.92 Å². The first kappa shape index (κ1) is 17.8. The second-order valence-corrected chi connectivity index (χ2v) is 11.9. The van der Waals surface area contributed by atoms with Crippen molar-refractivity contribution in [2.75, 3.05) is 6.61 Å². The molecule has 2 N–H and O–H groups in total. The van der Waals surface area contributed by atoms with Crippen molar-refractivity contribution in [3.05, 3.63) is 0 Å². The molecule has 0 rings (SSSR count). The van der Waals surface area contributed by atoms with Gasteiger partial charge in [-0.05, 0) is 30.5 Å². The number of Topliss-reactive ketones (excluding diaryl/α,β-unsaturated/α-hetero) is 1. The van der Waals surface area contributed by atoms with Crippen LogP contribution in [0.3, 0.4) is 0 Å². The van der Waals surface area contributed by atoms with E-state index < -0.39 is 8.32 Å². The van der Waals surface area contributed by atoms with E-state index in [0.29, 0.717) is 25.4 Å². The molecule has 0 unspecified atom stereocenters. The standard InChI is InChI=1S/C14H31NO2Si/c1-11(2)10-13(16)12(15)8-9-17-18(6,7)14(3,4)5/h11-12H,8-10,15H2,1-7H3/t12-/m0/s1. The molecule has 0 saturated carbocycles. The SMILES string of the molecule is CC(C)CC(=O)[C@@H](N)CCO[Si](C)(C)C(C)(C)C. The summed E-state index contributed by atoms with van der Waals surface area (Å²) in [5.41, 5.74) is 5.89. The summed E-state index contributed by atoms with van der Waals surface area (Å²) in [5.74, 6) is 0.536. The first-order valence-electron chi connectivity index (χ1n) is 6.89. The molecule has 0 radical (unpaired) electrons. The number of carbonyl (C=O) groups is 1. The summed E-state index contributed by atoms with van der Waals surface area (Å²) in [5, 5.41) is 0.207. The summed E-state index contributed by atoms with van der Waals surface area (Å²) in [6, 6.07) is -0.364. The van der Waals surface area contributed by atoms with Gasteiger partial charge in [-0.3, -0.25) is 4.79 Å². The van der Waals surface area contributed by atoms with Crippen molar-refractivity contribution in [2.45, 2.75) is 71.6 Å². The van der Waals surface area contributed by atoms with E-state index in [1.807, 2.05) is 13.8 Å². The second kappa shape index (κ2) is 6.82. The largest absolute Gasteiger partial charge is 0.417 e. The van der Waals surface area contributed by atoms with Gasteiger partial charge in [0.15, 0.2) is 8.32 Å². The third kappa shape index (κ3) is 6.11. The van der Waals surface area contributed by atoms with Crippen LogP contribution in [0.15, 0.2) is 0 Å². The van der Waals surface area contributed by atoms with Gasteiger partial charge >= 0.3 is 0 Å². The minimum Gasteiger partial charge on any atom is -0.417 e. The molecule has 18 heavy (non-hydrogen) atoms. The maximum atomic E-state index is 11.7. The summed E-state index contributed by atoms with van der Waals surface area (Å²) >= 11 is 0. The Morgan fingerprint density at radius 3 is 2.17 bits per heavy atom. The van der Waals surface area contributed by atoms with Gasteiger partial charge in [-0.15, -0.1) is 0 Å². The third-order valence-corrected chi connectivity index (χ3v) is 8.26. The zero-order valence-corrected chi connectivity index (χ0v) is 14.2. The van der Waals surface area contributed by atoms with Crippen LogP contribution in [0.25, 0.3) is 0 Å². The minimum absolute atomic E-state index is 0.156. The Balaban J connectivity index is 4.09. The van der Waals surface area contributed by atoms with Crippen LogP contribution < -0.4 is 5.73 Å². The Hall–Kier alpha value is -0.193. The number of ketones is 1. The average molecular weight is 273 g/mol. The highest BCUT2D eigenvalue weighted by Crippen LogP contribution is 2.36. The Morgan fingerprint density at radius 1 is 1.28 bits per heavy atom. The fourth-order valence-electron chi connectivity index (χ4n) is 1.37. The highest BCUT2D eigenvalue weighted by Gasteiger charge is 2.37. The molecular weight excluding hydrogens is 242 g/mol. The maximum absolute atomic E-state index is 11.7. The number of hydrogen-bond acceptors (Lipinski definition) is 3. The Labute approximate surface area is 114 Å². The molecule has 0 aromatic rings. The molecule has 0 amide bonds. The van der Waals surface area contributed by atoms with Crippen LogP contribution >= 0.6 is 0 Å². The van der Waals surface area contributed by atoms with Crippen molar-refractivity contribution in [1.82, 2.24) is 0 Å². The van der Waals surface area contributed by atoms with Crippen LogP contribution in [-0.4, -0.2) is 26.7 Å². The zero-order chi connectivity index (χ0) is 14.6. The lowest BCUT2D eigenvalue weighted by molar-refractivity contribution is -0.121. The van der Waals surface area contributed by atoms with Crippen molar-refractivity contribution in [1.29, 1.82) is 0 Å². The zero-order valence-electron chi connectivity index (χ0n) is 13.2. The van der Waals surface area contributed by atoms with Gasteiger partial charge in [0.2, 0.25) is 0 Å². The van der Waals surface area contributed by atoms with Gasteiger partial charge in [0.05, 0.1) is 6.04 Å². The molecule has 0 heterocycles. The van der Waals surface area contributed by atoms with Crippen molar-refractivity contribution < 1.29 is 9.22 Å². The number of hydrogen-bond donors (Lipinski definition) is 1. The molecule has 0 saturated heterocycles. The molecule has 0 aliphatic carbocycles. The van der Waals surface area contributed by atoms with Crippen LogP contribution in [0.5, 0.6) is 0 Å². The molecule has 0 fully saturated rings. The van der Waals surface area contributed by atoms with E-state index in [9.17, 15) is 4.79 Å². The molecule has 4 heteroatoms. The molecule has 0 bridgehead atoms. The first-order chi connectivity index (χ1) is 7.97. The Bertz CT molecular complexity index is 269. The van der Waals surface area contributed by atoms with Crippen LogP contribution in [0.2, 0.25) is 18.1 Å². The smallest absolute Gasteiger partial charge is 0.191 e. The quantitative estimate of drug-likeness (QED) is 0.724. The lowest BCUT2D eigenvalue weighted by Crippen LogP contribution is -2.42. The van der Waals surface area contributed by atoms with Crippen LogP contribution in [0.1, 0.15) is 47.5 Å². The third-order valence-electron chi connectivity index (χ3n) is 3.72.